The lowest BCUT2D eigenvalue weighted by Gasteiger charge is -2.16. The summed E-state index contributed by atoms with van der Waals surface area (Å²) in [5, 5.41) is 2.98. The van der Waals surface area contributed by atoms with Gasteiger partial charge in [0.15, 0.2) is 0 Å². The Morgan fingerprint density at radius 1 is 1.29 bits per heavy atom. The van der Waals surface area contributed by atoms with E-state index < -0.39 is 9.05 Å². The maximum absolute atomic E-state index is 12.1. The van der Waals surface area contributed by atoms with Gasteiger partial charge in [-0.1, -0.05) is 20.8 Å². The van der Waals surface area contributed by atoms with Gasteiger partial charge in [0.25, 0.3) is 9.05 Å². The molecule has 1 aromatic carbocycles. The standard InChI is InChI=1S/C15H20ClNO3S/c1-4-10-7-12(21(16,19)20)8-11(5-2)14(10)17-15(18)13-6-9(13)3/h7-9,13H,4-6H2,1-3H3,(H,17,18). The van der Waals surface area contributed by atoms with Crippen LogP contribution >= 0.6 is 10.7 Å². The van der Waals surface area contributed by atoms with Crippen molar-refractivity contribution in [2.24, 2.45) is 11.8 Å². The van der Waals surface area contributed by atoms with Crippen molar-refractivity contribution >= 4 is 31.3 Å². The first-order valence-corrected chi connectivity index (χ1v) is 9.50. The SMILES string of the molecule is CCc1cc(S(=O)(=O)Cl)cc(CC)c1NC(=O)C1CC1C. The second-order valence-electron chi connectivity index (χ2n) is 5.57. The predicted molar refractivity (Wildman–Crippen MR) is 84.1 cm³/mol. The number of aryl methyl sites for hydroxylation is 2. The highest BCUT2D eigenvalue weighted by Crippen LogP contribution is 2.39. The summed E-state index contributed by atoms with van der Waals surface area (Å²) in [6, 6.07) is 3.10. The van der Waals surface area contributed by atoms with Crippen LogP contribution in [0.4, 0.5) is 5.69 Å². The lowest BCUT2D eigenvalue weighted by atomic mass is 10.0. The molecular formula is C15H20ClNO3S. The van der Waals surface area contributed by atoms with E-state index in [-0.39, 0.29) is 16.7 Å². The lowest BCUT2D eigenvalue weighted by Crippen LogP contribution is -2.17. The first kappa shape index (κ1) is 16.3. The van der Waals surface area contributed by atoms with Crippen LogP contribution in [0.25, 0.3) is 0 Å². The van der Waals surface area contributed by atoms with Gasteiger partial charge in [0.1, 0.15) is 0 Å². The summed E-state index contributed by atoms with van der Waals surface area (Å²) in [6.07, 6.45) is 2.18. The number of halogens is 1. The van der Waals surface area contributed by atoms with Crippen LogP contribution in [0, 0.1) is 11.8 Å². The third-order valence-corrected chi connectivity index (χ3v) is 5.35. The summed E-state index contributed by atoms with van der Waals surface area (Å²) in [7, 11) is 1.67. The number of anilines is 1. The molecule has 0 radical (unpaired) electrons. The van der Waals surface area contributed by atoms with Gasteiger partial charge in [0.2, 0.25) is 5.91 Å². The molecule has 21 heavy (non-hydrogen) atoms. The van der Waals surface area contributed by atoms with E-state index in [0.29, 0.717) is 18.8 Å². The van der Waals surface area contributed by atoms with Gasteiger partial charge in [-0.25, -0.2) is 8.42 Å². The summed E-state index contributed by atoms with van der Waals surface area (Å²) in [6.45, 7) is 5.90. The summed E-state index contributed by atoms with van der Waals surface area (Å²) in [4.78, 5) is 12.2. The van der Waals surface area contributed by atoms with Crippen molar-refractivity contribution in [3.05, 3.63) is 23.3 Å². The van der Waals surface area contributed by atoms with Crippen LogP contribution in [0.1, 0.15) is 38.3 Å². The zero-order valence-electron chi connectivity index (χ0n) is 12.4. The number of amides is 1. The molecule has 6 heteroatoms. The summed E-state index contributed by atoms with van der Waals surface area (Å²) >= 11 is 0. The van der Waals surface area contributed by atoms with Crippen molar-refractivity contribution in [3.8, 4) is 0 Å². The van der Waals surface area contributed by atoms with E-state index >= 15 is 0 Å². The fourth-order valence-corrected chi connectivity index (χ4v) is 3.33. The van der Waals surface area contributed by atoms with E-state index in [2.05, 4.69) is 12.2 Å². The van der Waals surface area contributed by atoms with Crippen LogP contribution in [-0.2, 0) is 26.7 Å². The second-order valence-corrected chi connectivity index (χ2v) is 8.14. The maximum atomic E-state index is 12.1. The number of nitrogens with one attached hydrogen (secondary N) is 1. The Morgan fingerprint density at radius 2 is 1.76 bits per heavy atom. The van der Waals surface area contributed by atoms with Gasteiger partial charge in [-0.2, -0.15) is 0 Å². The molecule has 116 valence electrons. The average molecular weight is 330 g/mol. The first-order chi connectivity index (χ1) is 9.77. The number of hydrogen-bond donors (Lipinski definition) is 1. The van der Waals surface area contributed by atoms with E-state index in [0.717, 1.165) is 23.2 Å². The highest BCUT2D eigenvalue weighted by Gasteiger charge is 2.39. The fourth-order valence-electron chi connectivity index (χ4n) is 2.50. The van der Waals surface area contributed by atoms with Gasteiger partial charge >= 0.3 is 0 Å². The van der Waals surface area contributed by atoms with Gasteiger partial charge in [-0.05, 0) is 48.4 Å². The number of carbonyl (C=O) groups is 1. The molecule has 1 aliphatic rings. The maximum Gasteiger partial charge on any atom is 0.261 e. The zero-order valence-corrected chi connectivity index (χ0v) is 14.0. The van der Waals surface area contributed by atoms with Crippen molar-refractivity contribution in [1.82, 2.24) is 0 Å². The Balaban J connectivity index is 2.41. The Hall–Kier alpha value is -1.07. The molecule has 0 heterocycles. The first-order valence-electron chi connectivity index (χ1n) is 7.19. The molecule has 0 bridgehead atoms. The molecule has 1 aromatic rings. The molecule has 1 N–H and O–H groups in total. The predicted octanol–water partition coefficient (Wildman–Crippen LogP) is 3.33. The fraction of sp³-hybridized carbons (Fsp3) is 0.533. The van der Waals surface area contributed by atoms with Crippen LogP contribution in [0.2, 0.25) is 0 Å². The normalized spacial score (nSPS) is 21.1. The van der Waals surface area contributed by atoms with Crippen molar-refractivity contribution in [3.63, 3.8) is 0 Å². The molecule has 0 aromatic heterocycles. The van der Waals surface area contributed by atoms with E-state index in [1.165, 1.54) is 0 Å². The van der Waals surface area contributed by atoms with E-state index in [1.807, 2.05) is 13.8 Å². The van der Waals surface area contributed by atoms with Crippen LogP contribution in [0.15, 0.2) is 17.0 Å². The smallest absolute Gasteiger partial charge is 0.261 e. The van der Waals surface area contributed by atoms with E-state index in [4.69, 9.17) is 10.7 Å². The van der Waals surface area contributed by atoms with Crippen molar-refractivity contribution in [1.29, 1.82) is 0 Å². The van der Waals surface area contributed by atoms with Crippen molar-refractivity contribution < 1.29 is 13.2 Å². The minimum absolute atomic E-state index is 0.0216. The molecular weight excluding hydrogens is 310 g/mol. The molecule has 4 nitrogen and oxygen atoms in total. The summed E-state index contributed by atoms with van der Waals surface area (Å²) in [5.74, 6) is 0.534. The topological polar surface area (TPSA) is 63.2 Å². The summed E-state index contributed by atoms with van der Waals surface area (Å²) < 4.78 is 23.1. The second kappa shape index (κ2) is 5.97. The Kier molecular flexibility index (Phi) is 4.63. The zero-order chi connectivity index (χ0) is 15.8. The number of carbonyl (C=O) groups excluding carboxylic acids is 1. The molecule has 1 aliphatic carbocycles. The van der Waals surface area contributed by atoms with Crippen LogP contribution in [0.3, 0.4) is 0 Å². The number of rotatable bonds is 5. The molecule has 0 saturated heterocycles. The largest absolute Gasteiger partial charge is 0.325 e. The quantitative estimate of drug-likeness (QED) is 0.843. The third-order valence-electron chi connectivity index (χ3n) is 4.01. The van der Waals surface area contributed by atoms with Gasteiger partial charge in [0.05, 0.1) is 4.90 Å². The van der Waals surface area contributed by atoms with Gasteiger partial charge in [0, 0.05) is 22.3 Å². The average Bonchev–Trinajstić information content (AvgIpc) is 3.14. The van der Waals surface area contributed by atoms with E-state index in [1.54, 1.807) is 12.1 Å². The monoisotopic (exact) mass is 329 g/mol. The van der Waals surface area contributed by atoms with E-state index in [9.17, 15) is 13.2 Å². The minimum Gasteiger partial charge on any atom is -0.325 e. The Morgan fingerprint density at radius 3 is 2.10 bits per heavy atom. The van der Waals surface area contributed by atoms with Crippen molar-refractivity contribution in [2.75, 3.05) is 5.32 Å². The van der Waals surface area contributed by atoms with Crippen LogP contribution in [-0.4, -0.2) is 14.3 Å². The molecule has 2 atom stereocenters. The van der Waals surface area contributed by atoms with Crippen LogP contribution < -0.4 is 5.32 Å². The minimum atomic E-state index is -3.77. The van der Waals surface area contributed by atoms with Gasteiger partial charge < -0.3 is 5.32 Å². The Labute approximate surface area is 130 Å². The third kappa shape index (κ3) is 3.58. The van der Waals surface area contributed by atoms with Gasteiger partial charge in [-0.3, -0.25) is 4.79 Å². The molecule has 1 amide bonds. The molecule has 0 spiro atoms. The Bertz CT molecular complexity index is 644. The van der Waals surface area contributed by atoms with Crippen molar-refractivity contribution in [2.45, 2.75) is 44.9 Å². The molecule has 0 aliphatic heterocycles. The number of hydrogen-bond acceptors (Lipinski definition) is 3. The summed E-state index contributed by atoms with van der Waals surface area (Å²) in [5.41, 5.74) is 2.35. The molecule has 2 rings (SSSR count). The highest BCUT2D eigenvalue weighted by molar-refractivity contribution is 8.13. The highest BCUT2D eigenvalue weighted by atomic mass is 35.7. The molecule has 1 saturated carbocycles. The van der Waals surface area contributed by atoms with Crippen LogP contribution in [0.5, 0.6) is 0 Å². The van der Waals surface area contributed by atoms with Gasteiger partial charge in [-0.15, -0.1) is 0 Å². The molecule has 1 fully saturated rings. The number of benzene rings is 1. The molecule has 2 unspecified atom stereocenters. The lowest BCUT2D eigenvalue weighted by molar-refractivity contribution is -0.117.